The average Bonchev–Trinajstić information content (AvgIpc) is 2.46. The average molecular weight is 316 g/mol. The fraction of sp³-hybridized carbons (Fsp3) is 0.188. The number of hydrogen-bond donors (Lipinski definition) is 0. The van der Waals surface area contributed by atoms with Gasteiger partial charge in [0.25, 0.3) is 0 Å². The van der Waals surface area contributed by atoms with Gasteiger partial charge in [-0.05, 0) is 35.7 Å². The lowest BCUT2D eigenvalue weighted by atomic mass is 10.1. The summed E-state index contributed by atoms with van der Waals surface area (Å²) in [6, 6.07) is 15.9. The smallest absolute Gasteiger partial charge is 0.137 e. The van der Waals surface area contributed by atoms with Crippen LogP contribution in [0.25, 0.3) is 0 Å². The third-order valence-corrected chi connectivity index (χ3v) is 3.38. The van der Waals surface area contributed by atoms with Gasteiger partial charge in [0, 0.05) is 4.47 Å². The molecule has 0 aliphatic heterocycles. The van der Waals surface area contributed by atoms with Crippen LogP contribution >= 0.6 is 15.9 Å². The Hall–Kier alpha value is -1.79. The Morgan fingerprint density at radius 2 is 1.79 bits per heavy atom. The first-order valence-electron chi connectivity index (χ1n) is 6.13. The molecule has 3 heteroatoms. The first-order chi connectivity index (χ1) is 9.22. The van der Waals surface area contributed by atoms with Crippen molar-refractivity contribution >= 4 is 15.9 Å². The minimum atomic E-state index is 0.473. The number of nitriles is 1. The van der Waals surface area contributed by atoms with Gasteiger partial charge < -0.3 is 4.74 Å². The fourth-order valence-corrected chi connectivity index (χ4v) is 2.11. The molecule has 2 nitrogen and oxygen atoms in total. The van der Waals surface area contributed by atoms with Gasteiger partial charge in [0.2, 0.25) is 0 Å². The first kappa shape index (κ1) is 13.6. The van der Waals surface area contributed by atoms with Crippen LogP contribution in [0.1, 0.15) is 23.6 Å². The Balaban J connectivity index is 2.08. The highest BCUT2D eigenvalue weighted by Gasteiger charge is 2.04. The largest absolute Gasteiger partial charge is 0.488 e. The second-order valence-electron chi connectivity index (χ2n) is 4.21. The van der Waals surface area contributed by atoms with Crippen LogP contribution in [-0.2, 0) is 13.0 Å². The molecule has 2 aromatic carbocycles. The SMILES string of the molecule is CCc1ccc(COc2ccc(Br)cc2C#N)cc1. The summed E-state index contributed by atoms with van der Waals surface area (Å²) >= 11 is 3.34. The molecule has 0 saturated carbocycles. The number of aryl methyl sites for hydroxylation is 1. The van der Waals surface area contributed by atoms with Crippen LogP contribution in [0.4, 0.5) is 0 Å². The molecular formula is C16H14BrNO. The molecule has 19 heavy (non-hydrogen) atoms. The van der Waals surface area contributed by atoms with E-state index >= 15 is 0 Å². The van der Waals surface area contributed by atoms with Gasteiger partial charge >= 0.3 is 0 Å². The molecular weight excluding hydrogens is 302 g/mol. The molecule has 0 radical (unpaired) electrons. The van der Waals surface area contributed by atoms with Gasteiger partial charge in [-0.1, -0.05) is 47.1 Å². The van der Waals surface area contributed by atoms with Crippen LogP contribution in [-0.4, -0.2) is 0 Å². The molecule has 0 aliphatic carbocycles. The van der Waals surface area contributed by atoms with Crippen LogP contribution < -0.4 is 4.74 Å². The molecule has 0 bridgehead atoms. The Labute approximate surface area is 121 Å². The molecule has 0 atom stereocenters. The van der Waals surface area contributed by atoms with Crippen molar-refractivity contribution in [3.63, 3.8) is 0 Å². The number of halogens is 1. The number of ether oxygens (including phenoxy) is 1. The van der Waals surface area contributed by atoms with E-state index in [1.54, 1.807) is 6.07 Å². The van der Waals surface area contributed by atoms with Gasteiger partial charge in [-0.15, -0.1) is 0 Å². The minimum absolute atomic E-state index is 0.473. The normalized spacial score (nSPS) is 9.95. The van der Waals surface area contributed by atoms with E-state index in [-0.39, 0.29) is 0 Å². The van der Waals surface area contributed by atoms with Crippen molar-refractivity contribution in [3.05, 3.63) is 63.6 Å². The first-order valence-corrected chi connectivity index (χ1v) is 6.92. The molecule has 0 unspecified atom stereocenters. The van der Waals surface area contributed by atoms with Crippen molar-refractivity contribution < 1.29 is 4.74 Å². The highest BCUT2D eigenvalue weighted by molar-refractivity contribution is 9.10. The van der Waals surface area contributed by atoms with E-state index in [4.69, 9.17) is 10.00 Å². The summed E-state index contributed by atoms with van der Waals surface area (Å²) in [6.45, 7) is 2.60. The van der Waals surface area contributed by atoms with Crippen molar-refractivity contribution in [2.45, 2.75) is 20.0 Å². The second-order valence-corrected chi connectivity index (χ2v) is 5.13. The molecule has 0 aromatic heterocycles. The van der Waals surface area contributed by atoms with Crippen LogP contribution in [0.2, 0.25) is 0 Å². The summed E-state index contributed by atoms with van der Waals surface area (Å²) in [6.07, 6.45) is 1.03. The predicted octanol–water partition coefficient (Wildman–Crippen LogP) is 4.46. The molecule has 0 spiro atoms. The standard InChI is InChI=1S/C16H14BrNO/c1-2-12-3-5-13(6-4-12)11-19-16-8-7-15(17)9-14(16)10-18/h3-9H,2,11H2,1H3. The predicted molar refractivity (Wildman–Crippen MR) is 79.0 cm³/mol. The van der Waals surface area contributed by atoms with E-state index < -0.39 is 0 Å². The van der Waals surface area contributed by atoms with Gasteiger partial charge in [0.05, 0.1) is 5.56 Å². The molecule has 0 N–H and O–H groups in total. The number of hydrogen-bond acceptors (Lipinski definition) is 2. The number of benzene rings is 2. The molecule has 0 fully saturated rings. The topological polar surface area (TPSA) is 33.0 Å². The molecule has 2 aromatic rings. The Kier molecular flexibility index (Phi) is 4.59. The van der Waals surface area contributed by atoms with E-state index in [1.807, 2.05) is 12.1 Å². The maximum absolute atomic E-state index is 9.06. The van der Waals surface area contributed by atoms with Crippen molar-refractivity contribution in [1.29, 1.82) is 5.26 Å². The van der Waals surface area contributed by atoms with Crippen molar-refractivity contribution in [2.24, 2.45) is 0 Å². The third-order valence-electron chi connectivity index (χ3n) is 2.89. The van der Waals surface area contributed by atoms with Crippen LogP contribution in [0.5, 0.6) is 5.75 Å². The summed E-state index contributed by atoms with van der Waals surface area (Å²) in [7, 11) is 0. The molecule has 2 rings (SSSR count). The van der Waals surface area contributed by atoms with E-state index in [2.05, 4.69) is 53.2 Å². The number of rotatable bonds is 4. The molecule has 0 amide bonds. The van der Waals surface area contributed by atoms with E-state index in [9.17, 15) is 0 Å². The van der Waals surface area contributed by atoms with Crippen LogP contribution in [0.3, 0.4) is 0 Å². The lowest BCUT2D eigenvalue weighted by Gasteiger charge is -2.08. The zero-order valence-corrected chi connectivity index (χ0v) is 12.3. The lowest BCUT2D eigenvalue weighted by Crippen LogP contribution is -1.97. The second kappa shape index (κ2) is 6.40. The maximum atomic E-state index is 9.06. The van der Waals surface area contributed by atoms with Crippen LogP contribution in [0.15, 0.2) is 46.9 Å². The van der Waals surface area contributed by atoms with Gasteiger partial charge in [-0.3, -0.25) is 0 Å². The van der Waals surface area contributed by atoms with Gasteiger partial charge in [-0.25, -0.2) is 0 Å². The third kappa shape index (κ3) is 3.59. The monoisotopic (exact) mass is 315 g/mol. The highest BCUT2D eigenvalue weighted by Crippen LogP contribution is 2.23. The summed E-state index contributed by atoms with van der Waals surface area (Å²) in [4.78, 5) is 0. The molecule has 96 valence electrons. The summed E-state index contributed by atoms with van der Waals surface area (Å²) in [5, 5.41) is 9.06. The summed E-state index contributed by atoms with van der Waals surface area (Å²) in [5.74, 6) is 0.616. The highest BCUT2D eigenvalue weighted by atomic mass is 79.9. The summed E-state index contributed by atoms with van der Waals surface area (Å²) < 4.78 is 6.58. The minimum Gasteiger partial charge on any atom is -0.488 e. The Morgan fingerprint density at radius 1 is 1.11 bits per heavy atom. The maximum Gasteiger partial charge on any atom is 0.137 e. The zero-order chi connectivity index (χ0) is 13.7. The van der Waals surface area contributed by atoms with Gasteiger partial charge in [0.15, 0.2) is 0 Å². The molecule has 0 aliphatic rings. The molecule has 0 heterocycles. The van der Waals surface area contributed by atoms with Gasteiger partial charge in [-0.2, -0.15) is 5.26 Å². The van der Waals surface area contributed by atoms with Crippen molar-refractivity contribution in [3.8, 4) is 11.8 Å². The van der Waals surface area contributed by atoms with Crippen molar-refractivity contribution in [1.82, 2.24) is 0 Å². The van der Waals surface area contributed by atoms with E-state index in [0.717, 1.165) is 16.5 Å². The Morgan fingerprint density at radius 3 is 2.42 bits per heavy atom. The number of nitrogens with zero attached hydrogens (tertiary/aromatic N) is 1. The molecule has 0 saturated heterocycles. The van der Waals surface area contributed by atoms with Crippen molar-refractivity contribution in [2.75, 3.05) is 0 Å². The van der Waals surface area contributed by atoms with E-state index in [0.29, 0.717) is 17.9 Å². The lowest BCUT2D eigenvalue weighted by molar-refractivity contribution is 0.305. The zero-order valence-electron chi connectivity index (χ0n) is 10.7. The summed E-state index contributed by atoms with van der Waals surface area (Å²) in [5.41, 5.74) is 2.95. The fourth-order valence-electron chi connectivity index (χ4n) is 1.75. The van der Waals surface area contributed by atoms with Gasteiger partial charge in [0.1, 0.15) is 18.4 Å². The quantitative estimate of drug-likeness (QED) is 0.834. The Bertz CT molecular complexity index is 599. The van der Waals surface area contributed by atoms with Crippen LogP contribution in [0, 0.1) is 11.3 Å². The van der Waals surface area contributed by atoms with E-state index in [1.165, 1.54) is 5.56 Å².